The van der Waals surface area contributed by atoms with Crippen LogP contribution in [-0.4, -0.2) is 32.6 Å². The van der Waals surface area contributed by atoms with Crippen molar-refractivity contribution in [2.24, 2.45) is 0 Å². The van der Waals surface area contributed by atoms with Crippen LogP contribution in [-0.2, 0) is 11.3 Å². The van der Waals surface area contributed by atoms with E-state index in [2.05, 4.69) is 17.2 Å². The first-order chi connectivity index (χ1) is 13.6. The van der Waals surface area contributed by atoms with Crippen LogP contribution < -0.4 is 20.1 Å². The second-order valence-corrected chi connectivity index (χ2v) is 5.84. The Morgan fingerprint density at radius 1 is 1.11 bits per heavy atom. The van der Waals surface area contributed by atoms with Crippen LogP contribution in [0.1, 0.15) is 21.5 Å². The summed E-state index contributed by atoms with van der Waals surface area (Å²) in [5.74, 6) is 0.834. The van der Waals surface area contributed by atoms with Gasteiger partial charge >= 0.3 is 0 Å². The molecule has 2 N–H and O–H groups in total. The third kappa shape index (κ3) is 6.02. The predicted molar refractivity (Wildman–Crippen MR) is 109 cm³/mol. The lowest BCUT2D eigenvalue weighted by atomic mass is 10.1. The Bertz CT molecular complexity index is 857. The minimum Gasteiger partial charge on any atom is -0.493 e. The Labute approximate surface area is 164 Å². The number of hydrogen-bond donors (Lipinski definition) is 2. The molecule has 0 radical (unpaired) electrons. The highest BCUT2D eigenvalue weighted by atomic mass is 16.5. The van der Waals surface area contributed by atoms with Gasteiger partial charge in [-0.05, 0) is 41.5 Å². The number of hydrogen-bond acceptors (Lipinski definition) is 4. The third-order valence-electron chi connectivity index (χ3n) is 3.88. The molecule has 2 aromatic rings. The summed E-state index contributed by atoms with van der Waals surface area (Å²) in [7, 11) is 3.14. The summed E-state index contributed by atoms with van der Waals surface area (Å²) in [6.07, 6.45) is 4.81. The third-order valence-corrected chi connectivity index (χ3v) is 3.88. The van der Waals surface area contributed by atoms with Crippen molar-refractivity contribution in [1.82, 2.24) is 10.6 Å². The number of ether oxygens (including phenoxy) is 2. The van der Waals surface area contributed by atoms with E-state index in [1.54, 1.807) is 62.7 Å². The fraction of sp³-hybridized carbons (Fsp3) is 0.182. The Balaban J connectivity index is 1.92. The minimum absolute atomic E-state index is 0.144. The zero-order chi connectivity index (χ0) is 20.4. The lowest BCUT2D eigenvalue weighted by molar-refractivity contribution is -0.116. The zero-order valence-corrected chi connectivity index (χ0v) is 16.0. The van der Waals surface area contributed by atoms with Gasteiger partial charge in [0.05, 0.1) is 7.11 Å². The molecule has 0 aliphatic carbocycles. The molecule has 0 saturated heterocycles. The maximum absolute atomic E-state index is 12.0. The Kier molecular flexibility index (Phi) is 7.84. The van der Waals surface area contributed by atoms with E-state index in [1.165, 1.54) is 6.08 Å². The first-order valence-electron chi connectivity index (χ1n) is 8.76. The molecule has 0 saturated carbocycles. The van der Waals surface area contributed by atoms with Crippen LogP contribution in [0.2, 0.25) is 0 Å². The van der Waals surface area contributed by atoms with Gasteiger partial charge in [-0.25, -0.2) is 0 Å². The van der Waals surface area contributed by atoms with Crippen molar-refractivity contribution < 1.29 is 19.1 Å². The average molecular weight is 380 g/mol. The van der Waals surface area contributed by atoms with Crippen LogP contribution >= 0.6 is 0 Å². The maximum Gasteiger partial charge on any atom is 0.251 e. The number of amides is 2. The first-order valence-corrected chi connectivity index (χ1v) is 8.76. The number of carbonyl (C=O) groups is 2. The highest BCUT2D eigenvalue weighted by Crippen LogP contribution is 2.28. The molecule has 2 aromatic carbocycles. The van der Waals surface area contributed by atoms with Crippen molar-refractivity contribution in [3.63, 3.8) is 0 Å². The smallest absolute Gasteiger partial charge is 0.251 e. The quantitative estimate of drug-likeness (QED) is 0.518. The van der Waals surface area contributed by atoms with Crippen LogP contribution in [0.3, 0.4) is 0 Å². The SMILES string of the molecule is C=CCOc1ccc(/C=C/C(=O)NCc2ccc(C(=O)NC)cc2)cc1OC. The lowest BCUT2D eigenvalue weighted by Gasteiger charge is -2.09. The fourth-order valence-corrected chi connectivity index (χ4v) is 2.39. The van der Waals surface area contributed by atoms with Gasteiger partial charge in [-0.15, -0.1) is 0 Å². The van der Waals surface area contributed by atoms with E-state index < -0.39 is 0 Å². The highest BCUT2D eigenvalue weighted by Gasteiger charge is 2.05. The molecule has 0 aliphatic heterocycles. The molecule has 0 aliphatic rings. The molecule has 28 heavy (non-hydrogen) atoms. The van der Waals surface area contributed by atoms with Gasteiger partial charge in [0.25, 0.3) is 5.91 Å². The van der Waals surface area contributed by atoms with Crippen molar-refractivity contribution in [2.45, 2.75) is 6.54 Å². The highest BCUT2D eigenvalue weighted by molar-refractivity contribution is 5.94. The topological polar surface area (TPSA) is 76.7 Å². The van der Waals surface area contributed by atoms with E-state index in [4.69, 9.17) is 9.47 Å². The van der Waals surface area contributed by atoms with Gasteiger partial charge in [0.2, 0.25) is 5.91 Å². The van der Waals surface area contributed by atoms with E-state index >= 15 is 0 Å². The maximum atomic E-state index is 12.0. The summed E-state index contributed by atoms with van der Waals surface area (Å²) in [5, 5.41) is 5.37. The summed E-state index contributed by atoms with van der Waals surface area (Å²) in [5.41, 5.74) is 2.29. The molecule has 2 amide bonds. The summed E-state index contributed by atoms with van der Waals surface area (Å²) < 4.78 is 10.8. The van der Waals surface area contributed by atoms with E-state index in [9.17, 15) is 9.59 Å². The number of carbonyl (C=O) groups excluding carboxylic acids is 2. The standard InChI is InChI=1S/C22H24N2O4/c1-4-13-28-19-11-7-16(14-20(19)27-3)8-12-21(25)24-15-17-5-9-18(10-6-17)22(26)23-2/h4-12,14H,1,13,15H2,2-3H3,(H,23,26)(H,24,25)/b12-8+. The molecule has 0 heterocycles. The monoisotopic (exact) mass is 380 g/mol. The molecule has 6 heteroatoms. The summed E-state index contributed by atoms with van der Waals surface area (Å²) >= 11 is 0. The van der Waals surface area contributed by atoms with Crippen LogP contribution in [0.15, 0.2) is 61.2 Å². The van der Waals surface area contributed by atoms with Gasteiger partial charge < -0.3 is 20.1 Å². The van der Waals surface area contributed by atoms with Gasteiger partial charge in [-0.1, -0.05) is 30.9 Å². The van der Waals surface area contributed by atoms with Crippen molar-refractivity contribution >= 4 is 17.9 Å². The fourth-order valence-electron chi connectivity index (χ4n) is 2.39. The molecule has 0 spiro atoms. The van der Waals surface area contributed by atoms with Crippen molar-refractivity contribution in [3.8, 4) is 11.5 Å². The molecule has 146 valence electrons. The Hall–Kier alpha value is -3.54. The lowest BCUT2D eigenvalue weighted by Crippen LogP contribution is -2.20. The minimum atomic E-state index is -0.221. The second kappa shape index (κ2) is 10.6. The molecule has 0 bridgehead atoms. The predicted octanol–water partition coefficient (Wildman–Crippen LogP) is 2.95. The van der Waals surface area contributed by atoms with Crippen molar-refractivity contribution in [3.05, 3.63) is 77.9 Å². The van der Waals surface area contributed by atoms with E-state index in [1.807, 2.05) is 6.07 Å². The largest absolute Gasteiger partial charge is 0.493 e. The zero-order valence-electron chi connectivity index (χ0n) is 16.0. The molecule has 2 rings (SSSR count). The van der Waals surface area contributed by atoms with E-state index in [0.717, 1.165) is 11.1 Å². The molecule has 0 aromatic heterocycles. The molecule has 0 unspecified atom stereocenters. The van der Waals surface area contributed by atoms with Gasteiger partial charge in [0.1, 0.15) is 6.61 Å². The van der Waals surface area contributed by atoms with Crippen LogP contribution in [0.5, 0.6) is 11.5 Å². The molecule has 6 nitrogen and oxygen atoms in total. The second-order valence-electron chi connectivity index (χ2n) is 5.84. The number of rotatable bonds is 9. The summed E-state index contributed by atoms with van der Waals surface area (Å²) in [6.45, 7) is 4.37. The van der Waals surface area contributed by atoms with Gasteiger partial charge in [-0.3, -0.25) is 9.59 Å². The van der Waals surface area contributed by atoms with E-state index in [-0.39, 0.29) is 11.8 Å². The molecular formula is C22H24N2O4. The van der Waals surface area contributed by atoms with E-state index in [0.29, 0.717) is 30.2 Å². The Morgan fingerprint density at radius 2 is 1.86 bits per heavy atom. The molecular weight excluding hydrogens is 356 g/mol. The molecule has 0 fully saturated rings. The number of methoxy groups -OCH3 is 1. The summed E-state index contributed by atoms with van der Waals surface area (Å²) in [4.78, 5) is 23.6. The van der Waals surface area contributed by atoms with Gasteiger partial charge in [0, 0.05) is 25.2 Å². The van der Waals surface area contributed by atoms with Crippen molar-refractivity contribution in [2.75, 3.05) is 20.8 Å². The van der Waals surface area contributed by atoms with Gasteiger partial charge in [0.15, 0.2) is 11.5 Å². The number of benzene rings is 2. The normalized spacial score (nSPS) is 10.4. The van der Waals surface area contributed by atoms with Crippen LogP contribution in [0.25, 0.3) is 6.08 Å². The average Bonchev–Trinajstić information content (AvgIpc) is 2.74. The van der Waals surface area contributed by atoms with Crippen molar-refractivity contribution in [1.29, 1.82) is 0 Å². The Morgan fingerprint density at radius 3 is 2.50 bits per heavy atom. The number of nitrogens with one attached hydrogen (secondary N) is 2. The first kappa shape index (κ1) is 20.8. The molecule has 0 atom stereocenters. The van der Waals surface area contributed by atoms with Gasteiger partial charge in [-0.2, -0.15) is 0 Å². The van der Waals surface area contributed by atoms with Crippen LogP contribution in [0, 0.1) is 0 Å². The summed E-state index contributed by atoms with van der Waals surface area (Å²) in [6, 6.07) is 12.5. The van der Waals surface area contributed by atoms with Crippen LogP contribution in [0.4, 0.5) is 0 Å².